The van der Waals surface area contributed by atoms with Gasteiger partial charge >= 0.3 is 0 Å². The summed E-state index contributed by atoms with van der Waals surface area (Å²) >= 11 is 0. The number of amides is 10. The number of rotatable bonds is 35. The molecule has 5 rings (SSSR count). The van der Waals surface area contributed by atoms with E-state index in [1.54, 1.807) is 97.1 Å². The van der Waals surface area contributed by atoms with Crippen molar-refractivity contribution in [3.05, 3.63) is 138 Å². The fourth-order valence-corrected chi connectivity index (χ4v) is 10.1. The summed E-state index contributed by atoms with van der Waals surface area (Å²) in [7, 11) is 0. The van der Waals surface area contributed by atoms with Crippen LogP contribution in [0.4, 0.5) is 0 Å². The Bertz CT molecular complexity index is 3110. The highest BCUT2D eigenvalue weighted by molar-refractivity contribution is 5.99. The smallest absolute Gasteiger partial charge is 0.245 e. The molecule has 1 aliphatic heterocycles. The van der Waals surface area contributed by atoms with Gasteiger partial charge in [0, 0.05) is 52.4 Å². The molecule has 27 nitrogen and oxygen atoms in total. The van der Waals surface area contributed by atoms with E-state index in [-0.39, 0.29) is 108 Å². The average molecular weight is 1240 g/mol. The maximum atomic E-state index is 15.0. The molecule has 0 spiro atoms. The third kappa shape index (κ3) is 24.6. The molecule has 0 unspecified atom stereocenters. The largest absolute Gasteiger partial charge is 0.508 e. The topological polar surface area (TPSA) is 445 Å². The highest BCUT2D eigenvalue weighted by Gasteiger charge is 2.40. The second kappa shape index (κ2) is 36.3. The minimum Gasteiger partial charge on any atom is -0.508 e. The number of primary amides is 1. The van der Waals surface area contributed by atoms with E-state index in [1.807, 2.05) is 19.9 Å². The molecular formula is C63H86N16O11. The fraction of sp³-hybridized carbons (Fsp3) is 0.429. The summed E-state index contributed by atoms with van der Waals surface area (Å²) in [4.78, 5) is 149. The van der Waals surface area contributed by atoms with Crippen molar-refractivity contribution >= 4 is 71.0 Å². The van der Waals surface area contributed by atoms with Crippen LogP contribution in [-0.4, -0.2) is 149 Å². The van der Waals surface area contributed by atoms with Crippen LogP contribution in [0, 0.1) is 5.92 Å². The lowest BCUT2D eigenvalue weighted by molar-refractivity contribution is -0.142. The normalized spacial score (nSPS) is 14.9. The first-order chi connectivity index (χ1) is 42.9. The van der Waals surface area contributed by atoms with E-state index in [2.05, 4.69) is 52.5 Å². The maximum Gasteiger partial charge on any atom is 0.245 e. The quantitative estimate of drug-likeness (QED) is 0.0152. The second-order valence-electron chi connectivity index (χ2n) is 22.5. The third-order valence-corrected chi connectivity index (χ3v) is 14.6. The summed E-state index contributed by atoms with van der Waals surface area (Å²) in [6, 6.07) is 22.2. The summed E-state index contributed by atoms with van der Waals surface area (Å²) in [6.45, 7) is 5.20. The molecule has 1 saturated heterocycles. The first-order valence-corrected chi connectivity index (χ1v) is 29.9. The average Bonchev–Trinajstić information content (AvgIpc) is 1.66. The molecule has 90 heavy (non-hydrogen) atoms. The lowest BCUT2D eigenvalue weighted by atomic mass is 9.99. The first kappa shape index (κ1) is 70.7. The first-order valence-electron chi connectivity index (χ1n) is 29.9. The van der Waals surface area contributed by atoms with Crippen LogP contribution in [0.5, 0.6) is 5.75 Å². The van der Waals surface area contributed by atoms with Crippen molar-refractivity contribution in [3.63, 3.8) is 0 Å². The van der Waals surface area contributed by atoms with Gasteiger partial charge in [-0.2, -0.15) is 0 Å². The van der Waals surface area contributed by atoms with Crippen LogP contribution in [0.2, 0.25) is 0 Å². The maximum absolute atomic E-state index is 15.0. The predicted octanol–water partition coefficient (Wildman–Crippen LogP) is -0.830. The number of guanidine groups is 2. The van der Waals surface area contributed by atoms with Gasteiger partial charge in [0.05, 0.1) is 6.42 Å². The van der Waals surface area contributed by atoms with Gasteiger partial charge in [-0.05, 0) is 85.3 Å². The second-order valence-corrected chi connectivity index (χ2v) is 22.5. The Morgan fingerprint density at radius 2 is 0.944 bits per heavy atom. The summed E-state index contributed by atoms with van der Waals surface area (Å²) in [6.07, 6.45) is 0.128. The Morgan fingerprint density at radius 1 is 0.522 bits per heavy atom. The van der Waals surface area contributed by atoms with Crippen molar-refractivity contribution in [2.24, 2.45) is 44.6 Å². The van der Waals surface area contributed by atoms with Crippen LogP contribution < -0.4 is 71.2 Å². The summed E-state index contributed by atoms with van der Waals surface area (Å²) in [5.41, 5.74) is 30.7. The van der Waals surface area contributed by atoms with Gasteiger partial charge in [0.25, 0.3) is 0 Å². The number of aliphatic imine (C=N–C) groups is 2. The highest BCUT2D eigenvalue weighted by atomic mass is 16.3. The van der Waals surface area contributed by atoms with Gasteiger partial charge in [-0.1, -0.05) is 117 Å². The predicted molar refractivity (Wildman–Crippen MR) is 337 cm³/mol. The van der Waals surface area contributed by atoms with E-state index in [4.69, 9.17) is 28.7 Å². The lowest BCUT2D eigenvalue weighted by Gasteiger charge is -2.31. The molecule has 27 heteroatoms. The molecule has 1 aliphatic rings. The van der Waals surface area contributed by atoms with Crippen molar-refractivity contribution in [2.75, 3.05) is 19.6 Å². The van der Waals surface area contributed by atoms with Crippen molar-refractivity contribution in [1.82, 2.24) is 47.4 Å². The highest BCUT2D eigenvalue weighted by Crippen LogP contribution is 2.22. The van der Waals surface area contributed by atoms with E-state index in [0.717, 1.165) is 5.56 Å². The number of nitrogens with two attached hydrogens (primary N) is 5. The number of phenolic OH excluding ortho intramolecular Hbond substituents is 1. The minimum atomic E-state index is -1.48. The van der Waals surface area contributed by atoms with Crippen LogP contribution in [0.15, 0.2) is 125 Å². The monoisotopic (exact) mass is 1240 g/mol. The molecule has 10 amide bonds. The molecule has 0 bridgehead atoms. The van der Waals surface area contributed by atoms with Crippen LogP contribution in [0.3, 0.4) is 0 Å². The Morgan fingerprint density at radius 3 is 1.42 bits per heavy atom. The summed E-state index contributed by atoms with van der Waals surface area (Å²) < 4.78 is 0. The molecule has 8 atom stereocenters. The van der Waals surface area contributed by atoms with E-state index < -0.39 is 114 Å². The Balaban J connectivity index is 1.39. The third-order valence-electron chi connectivity index (χ3n) is 14.6. The molecule has 1 heterocycles. The number of hydrogen-bond donors (Lipinski definition) is 14. The van der Waals surface area contributed by atoms with Crippen LogP contribution in [0.1, 0.15) is 94.4 Å². The van der Waals surface area contributed by atoms with E-state index in [9.17, 15) is 53.1 Å². The van der Waals surface area contributed by atoms with Crippen LogP contribution >= 0.6 is 0 Å². The van der Waals surface area contributed by atoms with Gasteiger partial charge in [0.15, 0.2) is 11.9 Å². The van der Waals surface area contributed by atoms with Gasteiger partial charge < -0.3 is 81.2 Å². The molecule has 0 aromatic heterocycles. The van der Waals surface area contributed by atoms with Gasteiger partial charge in [0.1, 0.15) is 54.1 Å². The molecule has 4 aromatic carbocycles. The Labute approximate surface area is 523 Å². The Kier molecular flexibility index (Phi) is 28.5. The number of nitrogens with one attached hydrogen (secondary N) is 8. The number of nitrogens with zero attached hydrogens (tertiary/aromatic N) is 3. The lowest BCUT2D eigenvalue weighted by Crippen LogP contribution is -2.61. The molecular weight excluding hydrogens is 1160 g/mol. The zero-order valence-electron chi connectivity index (χ0n) is 51.0. The molecule has 0 radical (unpaired) electrons. The Hall–Kier alpha value is -10.1. The SMILES string of the molecule is CC(=O)N[C@@H](Cc1ccc(O)cc1)C(=O)N[C@@H](Cc1ccccc1)C(=O)N[C@@H](CC(C)C)C(=O)N[C@@H](Cc1ccccc1)C(=O)N[C@@H](CCCN=C(N)N)C(=O)N1CCC[C@H]1C(=O)N[C@@H](CCCN=C(N)N)C(=O)N[C@@H](CC(=O)NCc1ccccc1)C(N)=O. The van der Waals surface area contributed by atoms with Crippen LogP contribution in [0.25, 0.3) is 0 Å². The van der Waals surface area contributed by atoms with Crippen molar-refractivity contribution < 1.29 is 53.1 Å². The fourth-order valence-electron chi connectivity index (χ4n) is 10.1. The molecule has 1 fully saturated rings. The molecule has 0 saturated carbocycles. The number of hydrogen-bond acceptors (Lipinski definition) is 13. The van der Waals surface area contributed by atoms with Crippen LogP contribution in [-0.2, 0) is 73.8 Å². The van der Waals surface area contributed by atoms with Crippen molar-refractivity contribution in [3.8, 4) is 5.75 Å². The number of carbonyl (C=O) groups excluding carboxylic acids is 10. The number of likely N-dealkylation sites (tertiary alicyclic amines) is 1. The molecule has 484 valence electrons. The van der Waals surface area contributed by atoms with Gasteiger partial charge in [-0.25, -0.2) is 0 Å². The summed E-state index contributed by atoms with van der Waals surface area (Å²) in [5.74, 6) is -8.03. The zero-order valence-corrected chi connectivity index (χ0v) is 51.0. The standard InChI is InChI=1S/C63H86N16O11/c1-38(2)32-48(76-59(88)51(34-41-18-9-5-10-19-41)78-57(86)49(72-39(3)80)35-42-25-27-44(81)28-26-42)56(85)77-50(33-40-16-7-4-8-17-40)58(87)74-46(23-14-30-70-63(67)68)61(90)79-31-15-24-52(79)60(89)73-45(22-13-29-69-62(65)66)55(84)75-47(54(64)83)36-53(82)71-37-43-20-11-6-12-21-43/h4-12,16-21,25-28,38,45-52,81H,13-15,22-24,29-37H2,1-3H3,(H2,64,83)(H,71,82)(H,72,80)(H,73,89)(H,74,87)(H,75,84)(H,76,88)(H,77,85)(H,78,86)(H4,65,66,69)(H4,67,68,70)/t45-,46-,47-,48-,49-,50-,51-,52-/m0/s1. The molecule has 0 aliphatic carbocycles. The number of benzene rings is 4. The van der Waals surface area contributed by atoms with E-state index >= 15 is 0 Å². The van der Waals surface area contributed by atoms with Gasteiger partial charge in [0.2, 0.25) is 59.1 Å². The van der Waals surface area contributed by atoms with Crippen molar-refractivity contribution in [2.45, 2.75) is 146 Å². The van der Waals surface area contributed by atoms with Gasteiger partial charge in [-0.3, -0.25) is 57.9 Å². The van der Waals surface area contributed by atoms with Crippen molar-refractivity contribution in [1.29, 1.82) is 0 Å². The zero-order chi connectivity index (χ0) is 65.7. The summed E-state index contributed by atoms with van der Waals surface area (Å²) in [5, 5.41) is 31.7. The van der Waals surface area contributed by atoms with E-state index in [0.29, 0.717) is 23.1 Å². The number of phenols is 1. The number of carbonyl (C=O) groups is 10. The minimum absolute atomic E-state index is 0.00253. The molecule has 19 N–H and O–H groups in total. The van der Waals surface area contributed by atoms with E-state index in [1.165, 1.54) is 24.0 Å². The van der Waals surface area contributed by atoms with Gasteiger partial charge in [-0.15, -0.1) is 0 Å². The number of aromatic hydroxyl groups is 1. The molecule has 4 aromatic rings.